The van der Waals surface area contributed by atoms with Crippen molar-refractivity contribution in [1.29, 1.82) is 0 Å². The molecule has 63 heavy (non-hydrogen) atoms. The standard InChI is InChI=1S/C60H41N3/c1-60(2)55-30-25-42(34-53(55)54-33-40-16-6-7-17-41(40)35-56(54)60)45-26-27-50(47-22-9-8-21-46(45)47)51-28-29-52(49-24-11-10-23-48(49)51)59-62-57(38-14-4-3-5-15-38)36-58(63-59)43-19-12-18-39(32-43)44-20-13-31-61-37-44/h3-37H,1-2H3. The third-order valence-electron chi connectivity index (χ3n) is 13.2. The van der Waals surface area contributed by atoms with Crippen molar-refractivity contribution in [2.45, 2.75) is 19.3 Å². The number of benzene rings is 9. The highest BCUT2D eigenvalue weighted by atomic mass is 14.9. The lowest BCUT2D eigenvalue weighted by Crippen LogP contribution is -2.14. The molecule has 3 nitrogen and oxygen atoms in total. The predicted molar refractivity (Wildman–Crippen MR) is 263 cm³/mol. The second-order valence-electron chi connectivity index (χ2n) is 17.2. The van der Waals surface area contributed by atoms with Crippen molar-refractivity contribution >= 4 is 32.3 Å². The van der Waals surface area contributed by atoms with Crippen molar-refractivity contribution in [3.8, 4) is 78.4 Å². The van der Waals surface area contributed by atoms with Gasteiger partial charge in [-0.15, -0.1) is 0 Å². The summed E-state index contributed by atoms with van der Waals surface area (Å²) in [6.45, 7) is 4.72. The third-order valence-corrected chi connectivity index (χ3v) is 13.2. The van der Waals surface area contributed by atoms with Crippen LogP contribution in [0.15, 0.2) is 213 Å². The number of pyridine rings is 1. The van der Waals surface area contributed by atoms with Gasteiger partial charge in [0, 0.05) is 40.1 Å². The maximum absolute atomic E-state index is 5.32. The first kappa shape index (κ1) is 36.8. The summed E-state index contributed by atoms with van der Waals surface area (Å²) >= 11 is 0. The van der Waals surface area contributed by atoms with Crippen molar-refractivity contribution in [2.24, 2.45) is 0 Å². The highest BCUT2D eigenvalue weighted by molar-refractivity contribution is 6.12. The Bertz CT molecular complexity index is 3590. The normalized spacial score (nSPS) is 12.7. The molecule has 0 fully saturated rings. The van der Waals surface area contributed by atoms with Crippen LogP contribution in [-0.4, -0.2) is 15.0 Å². The van der Waals surface area contributed by atoms with Crippen LogP contribution >= 0.6 is 0 Å². The summed E-state index contributed by atoms with van der Waals surface area (Å²) < 4.78 is 0. The quantitative estimate of drug-likeness (QED) is 0.168. The minimum Gasteiger partial charge on any atom is -0.264 e. The Morgan fingerprint density at radius 1 is 0.333 bits per heavy atom. The molecule has 0 N–H and O–H groups in total. The number of rotatable bonds is 6. The Morgan fingerprint density at radius 2 is 0.889 bits per heavy atom. The van der Waals surface area contributed by atoms with Gasteiger partial charge in [0.05, 0.1) is 11.4 Å². The smallest absolute Gasteiger partial charge is 0.161 e. The van der Waals surface area contributed by atoms with Gasteiger partial charge in [-0.3, -0.25) is 4.98 Å². The minimum absolute atomic E-state index is 0.0762. The monoisotopic (exact) mass is 803 g/mol. The van der Waals surface area contributed by atoms with Gasteiger partial charge < -0.3 is 0 Å². The Balaban J connectivity index is 0.987. The zero-order chi connectivity index (χ0) is 42.1. The van der Waals surface area contributed by atoms with Crippen LogP contribution in [0.2, 0.25) is 0 Å². The second kappa shape index (κ2) is 14.6. The van der Waals surface area contributed by atoms with Crippen molar-refractivity contribution in [3.05, 3.63) is 224 Å². The zero-order valence-corrected chi connectivity index (χ0v) is 35.0. The molecule has 0 radical (unpaired) electrons. The van der Waals surface area contributed by atoms with E-state index >= 15 is 0 Å². The average molecular weight is 804 g/mol. The molecule has 2 aromatic heterocycles. The molecule has 1 aliphatic rings. The summed E-state index contributed by atoms with van der Waals surface area (Å²) in [5, 5.41) is 7.29. The highest BCUT2D eigenvalue weighted by Gasteiger charge is 2.36. The maximum atomic E-state index is 5.32. The summed E-state index contributed by atoms with van der Waals surface area (Å²) in [6, 6.07) is 72.4. The van der Waals surface area contributed by atoms with Gasteiger partial charge in [-0.1, -0.05) is 172 Å². The largest absolute Gasteiger partial charge is 0.264 e. The first-order chi connectivity index (χ1) is 31.0. The SMILES string of the molecule is CC1(C)c2ccc(-c3ccc(-c4ccc(-c5nc(-c6ccccc6)cc(-c6cccc(-c7cccnc7)c6)n5)c5ccccc45)c4ccccc34)cc2-c2cc3ccccc3cc21. The molecular weight excluding hydrogens is 763 g/mol. The van der Waals surface area contributed by atoms with E-state index in [-0.39, 0.29) is 5.41 Å². The van der Waals surface area contributed by atoms with Crippen LogP contribution in [0, 0.1) is 0 Å². The Labute approximate surface area is 367 Å². The van der Waals surface area contributed by atoms with E-state index in [1.807, 2.05) is 18.3 Å². The third kappa shape index (κ3) is 6.15. The number of hydrogen-bond donors (Lipinski definition) is 0. The molecule has 12 rings (SSSR count). The van der Waals surface area contributed by atoms with Crippen LogP contribution in [-0.2, 0) is 5.41 Å². The first-order valence-corrected chi connectivity index (χ1v) is 21.7. The lowest BCUT2D eigenvalue weighted by atomic mass is 9.81. The fourth-order valence-electron chi connectivity index (χ4n) is 9.98. The van der Waals surface area contributed by atoms with Gasteiger partial charge in [-0.25, -0.2) is 9.97 Å². The van der Waals surface area contributed by atoms with E-state index in [0.29, 0.717) is 5.82 Å². The van der Waals surface area contributed by atoms with Crippen molar-refractivity contribution in [3.63, 3.8) is 0 Å². The summed E-state index contributed by atoms with van der Waals surface area (Å²) in [7, 11) is 0. The summed E-state index contributed by atoms with van der Waals surface area (Å²) in [5.41, 5.74) is 17.2. The van der Waals surface area contributed by atoms with Crippen LogP contribution in [0.25, 0.3) is 111 Å². The molecule has 2 heterocycles. The summed E-state index contributed by atoms with van der Waals surface area (Å²) in [4.78, 5) is 15.0. The van der Waals surface area contributed by atoms with Crippen LogP contribution < -0.4 is 0 Å². The molecule has 1 aliphatic carbocycles. The minimum atomic E-state index is -0.0762. The van der Waals surface area contributed by atoms with Gasteiger partial charge in [0.15, 0.2) is 5.82 Å². The lowest BCUT2D eigenvalue weighted by Gasteiger charge is -2.22. The molecule has 296 valence electrons. The van der Waals surface area contributed by atoms with Crippen LogP contribution in [0.1, 0.15) is 25.0 Å². The van der Waals surface area contributed by atoms with Crippen molar-refractivity contribution < 1.29 is 0 Å². The first-order valence-electron chi connectivity index (χ1n) is 21.7. The molecule has 3 heteroatoms. The lowest BCUT2D eigenvalue weighted by molar-refractivity contribution is 0.661. The predicted octanol–water partition coefficient (Wildman–Crippen LogP) is 15.6. The molecule has 0 amide bonds. The van der Waals surface area contributed by atoms with Gasteiger partial charge in [-0.05, 0) is 125 Å². The summed E-state index contributed by atoms with van der Waals surface area (Å²) in [5.74, 6) is 0.690. The van der Waals surface area contributed by atoms with Crippen LogP contribution in [0.4, 0.5) is 0 Å². The van der Waals surface area contributed by atoms with E-state index < -0.39 is 0 Å². The molecule has 0 atom stereocenters. The molecule has 9 aromatic carbocycles. The van der Waals surface area contributed by atoms with Gasteiger partial charge in [0.25, 0.3) is 0 Å². The average Bonchev–Trinajstić information content (AvgIpc) is 3.57. The molecule has 0 unspecified atom stereocenters. The molecular formula is C60H41N3. The molecule has 11 aromatic rings. The second-order valence-corrected chi connectivity index (χ2v) is 17.2. The van der Waals surface area contributed by atoms with Gasteiger partial charge >= 0.3 is 0 Å². The van der Waals surface area contributed by atoms with E-state index in [0.717, 1.165) is 50.0 Å². The van der Waals surface area contributed by atoms with E-state index in [1.54, 1.807) is 6.20 Å². The fraction of sp³-hybridized carbons (Fsp3) is 0.0500. The summed E-state index contributed by atoms with van der Waals surface area (Å²) in [6.07, 6.45) is 3.71. The maximum Gasteiger partial charge on any atom is 0.161 e. The van der Waals surface area contributed by atoms with Crippen LogP contribution in [0.3, 0.4) is 0 Å². The number of fused-ring (bicyclic) bond motifs is 6. The zero-order valence-electron chi connectivity index (χ0n) is 35.0. The number of hydrogen-bond acceptors (Lipinski definition) is 3. The van der Waals surface area contributed by atoms with E-state index in [4.69, 9.17) is 9.97 Å². The topological polar surface area (TPSA) is 38.7 Å². The van der Waals surface area contributed by atoms with Crippen molar-refractivity contribution in [1.82, 2.24) is 15.0 Å². The number of aromatic nitrogens is 3. The molecule has 0 spiro atoms. The van der Waals surface area contributed by atoms with Gasteiger partial charge in [0.2, 0.25) is 0 Å². The van der Waals surface area contributed by atoms with Gasteiger partial charge in [-0.2, -0.15) is 0 Å². The molecule has 0 saturated heterocycles. The van der Waals surface area contributed by atoms with Gasteiger partial charge in [0.1, 0.15) is 0 Å². The van der Waals surface area contributed by atoms with E-state index in [9.17, 15) is 0 Å². The van der Waals surface area contributed by atoms with Crippen LogP contribution in [0.5, 0.6) is 0 Å². The van der Waals surface area contributed by atoms with E-state index in [2.05, 4.69) is 207 Å². The fourth-order valence-corrected chi connectivity index (χ4v) is 9.98. The Morgan fingerprint density at radius 3 is 1.60 bits per heavy atom. The molecule has 0 saturated carbocycles. The molecule has 0 aliphatic heterocycles. The Hall–Kier alpha value is -8.01. The Kier molecular flexibility index (Phi) is 8.52. The van der Waals surface area contributed by atoms with E-state index in [1.165, 1.54) is 66.1 Å². The highest BCUT2D eigenvalue weighted by Crippen LogP contribution is 2.51. The van der Waals surface area contributed by atoms with Crippen molar-refractivity contribution in [2.75, 3.05) is 0 Å². The molecule has 0 bridgehead atoms. The number of nitrogens with zero attached hydrogens (tertiary/aromatic N) is 3.